The van der Waals surface area contributed by atoms with Gasteiger partial charge in [0.15, 0.2) is 0 Å². The molecule has 108 valence electrons. The minimum absolute atomic E-state index is 0.0700. The Labute approximate surface area is 117 Å². The first-order chi connectivity index (χ1) is 9.45. The first-order valence-electron chi connectivity index (χ1n) is 6.86. The molecule has 2 aromatic rings. The Bertz CT molecular complexity index is 606. The summed E-state index contributed by atoms with van der Waals surface area (Å²) in [7, 11) is 0. The number of non-ortho nitro benzene ring substituents is 1. The van der Waals surface area contributed by atoms with Crippen LogP contribution in [0.5, 0.6) is 0 Å². The summed E-state index contributed by atoms with van der Waals surface area (Å²) >= 11 is 0. The highest BCUT2D eigenvalue weighted by atomic mass is 16.6. The highest BCUT2D eigenvalue weighted by molar-refractivity contribution is 5.79. The molecule has 1 heterocycles. The zero-order valence-electron chi connectivity index (χ0n) is 12.0. The van der Waals surface area contributed by atoms with Crippen molar-refractivity contribution in [2.45, 2.75) is 39.7 Å². The molecule has 0 saturated heterocycles. The Morgan fingerprint density at radius 3 is 2.75 bits per heavy atom. The molecule has 1 aromatic heterocycles. The Balaban J connectivity index is 2.09. The normalized spacial score (nSPS) is 12.8. The summed E-state index contributed by atoms with van der Waals surface area (Å²) in [6.07, 6.45) is 2.22. The SMILES string of the molecule is CC(C)CCC(C)Nc1nc2ccc([N+](=O)[O-])cc2[nH]1. The summed E-state index contributed by atoms with van der Waals surface area (Å²) in [5.74, 6) is 1.34. The van der Waals surface area contributed by atoms with E-state index in [-0.39, 0.29) is 5.69 Å². The maximum atomic E-state index is 10.7. The molecule has 0 spiro atoms. The Morgan fingerprint density at radius 1 is 1.35 bits per heavy atom. The standard InChI is InChI=1S/C14H20N4O2/c1-9(2)4-5-10(3)15-14-16-12-7-6-11(18(19)20)8-13(12)17-14/h6-10H,4-5H2,1-3H3,(H2,15,16,17). The van der Waals surface area contributed by atoms with Gasteiger partial charge in [-0.25, -0.2) is 4.98 Å². The van der Waals surface area contributed by atoms with Crippen molar-refractivity contribution >= 4 is 22.7 Å². The Morgan fingerprint density at radius 2 is 2.10 bits per heavy atom. The van der Waals surface area contributed by atoms with Crippen molar-refractivity contribution in [3.05, 3.63) is 28.3 Å². The molecule has 1 unspecified atom stereocenters. The molecule has 0 radical (unpaired) electrons. The van der Waals surface area contributed by atoms with E-state index in [9.17, 15) is 10.1 Å². The van der Waals surface area contributed by atoms with Crippen LogP contribution in [0.15, 0.2) is 18.2 Å². The molecule has 0 amide bonds. The average molecular weight is 276 g/mol. The number of anilines is 1. The van der Waals surface area contributed by atoms with Gasteiger partial charge < -0.3 is 10.3 Å². The van der Waals surface area contributed by atoms with E-state index < -0.39 is 4.92 Å². The molecule has 0 aliphatic rings. The van der Waals surface area contributed by atoms with Crippen LogP contribution in [-0.2, 0) is 0 Å². The van der Waals surface area contributed by atoms with Gasteiger partial charge in [0.1, 0.15) is 0 Å². The molecule has 0 bridgehead atoms. The summed E-state index contributed by atoms with van der Waals surface area (Å²) in [4.78, 5) is 17.8. The lowest BCUT2D eigenvalue weighted by Crippen LogP contribution is -2.16. The molecule has 0 aliphatic heterocycles. The Kier molecular flexibility index (Phi) is 4.22. The zero-order chi connectivity index (χ0) is 14.7. The van der Waals surface area contributed by atoms with Crippen molar-refractivity contribution in [2.75, 3.05) is 5.32 Å². The Hall–Kier alpha value is -2.11. The third kappa shape index (κ3) is 3.46. The lowest BCUT2D eigenvalue weighted by Gasteiger charge is -2.13. The number of H-pyrrole nitrogens is 1. The number of nitrogens with zero attached hydrogens (tertiary/aromatic N) is 2. The predicted molar refractivity (Wildman–Crippen MR) is 79.9 cm³/mol. The van der Waals surface area contributed by atoms with Gasteiger partial charge in [-0.2, -0.15) is 0 Å². The van der Waals surface area contributed by atoms with Crippen LogP contribution < -0.4 is 5.32 Å². The van der Waals surface area contributed by atoms with Gasteiger partial charge in [-0.05, 0) is 31.7 Å². The van der Waals surface area contributed by atoms with Gasteiger partial charge in [0.2, 0.25) is 5.95 Å². The second-order valence-electron chi connectivity index (χ2n) is 5.56. The number of aromatic nitrogens is 2. The number of aromatic amines is 1. The van der Waals surface area contributed by atoms with Crippen LogP contribution in [0.4, 0.5) is 11.6 Å². The van der Waals surface area contributed by atoms with Crippen molar-refractivity contribution < 1.29 is 4.92 Å². The number of hydrogen-bond donors (Lipinski definition) is 2. The smallest absolute Gasteiger partial charge is 0.271 e. The van der Waals surface area contributed by atoms with Gasteiger partial charge in [-0.3, -0.25) is 10.1 Å². The molecule has 1 aromatic carbocycles. The molecular formula is C14H20N4O2. The molecule has 0 saturated carbocycles. The van der Waals surface area contributed by atoms with Crippen molar-refractivity contribution in [2.24, 2.45) is 5.92 Å². The monoisotopic (exact) mass is 276 g/mol. The second kappa shape index (κ2) is 5.90. The number of fused-ring (bicyclic) bond motifs is 1. The van der Waals surface area contributed by atoms with E-state index in [1.54, 1.807) is 6.07 Å². The number of hydrogen-bond acceptors (Lipinski definition) is 4. The summed E-state index contributed by atoms with van der Waals surface area (Å²) < 4.78 is 0. The third-order valence-electron chi connectivity index (χ3n) is 3.24. The van der Waals surface area contributed by atoms with Gasteiger partial charge in [0.25, 0.3) is 5.69 Å². The lowest BCUT2D eigenvalue weighted by molar-refractivity contribution is -0.384. The van der Waals surface area contributed by atoms with E-state index in [1.807, 2.05) is 0 Å². The van der Waals surface area contributed by atoms with E-state index in [2.05, 4.69) is 36.1 Å². The van der Waals surface area contributed by atoms with E-state index in [4.69, 9.17) is 0 Å². The van der Waals surface area contributed by atoms with E-state index in [0.29, 0.717) is 23.4 Å². The molecule has 6 nitrogen and oxygen atoms in total. The van der Waals surface area contributed by atoms with Crippen molar-refractivity contribution in [1.29, 1.82) is 0 Å². The number of nitro groups is 1. The largest absolute Gasteiger partial charge is 0.353 e. The summed E-state index contributed by atoms with van der Waals surface area (Å²) in [5, 5.41) is 14.0. The second-order valence-corrected chi connectivity index (χ2v) is 5.56. The number of rotatable bonds is 6. The minimum Gasteiger partial charge on any atom is -0.353 e. The van der Waals surface area contributed by atoms with Crippen LogP contribution in [0.25, 0.3) is 11.0 Å². The van der Waals surface area contributed by atoms with Gasteiger partial charge in [-0.15, -0.1) is 0 Å². The topological polar surface area (TPSA) is 83.8 Å². The fourth-order valence-corrected chi connectivity index (χ4v) is 2.07. The molecule has 1 atom stereocenters. The highest BCUT2D eigenvalue weighted by Crippen LogP contribution is 2.21. The first-order valence-corrected chi connectivity index (χ1v) is 6.86. The molecule has 20 heavy (non-hydrogen) atoms. The number of benzene rings is 1. The van der Waals surface area contributed by atoms with Crippen LogP contribution in [0.2, 0.25) is 0 Å². The van der Waals surface area contributed by atoms with Crippen LogP contribution in [0.3, 0.4) is 0 Å². The first kappa shape index (κ1) is 14.3. The average Bonchev–Trinajstić information content (AvgIpc) is 2.77. The number of nitrogens with one attached hydrogen (secondary N) is 2. The van der Waals surface area contributed by atoms with Crippen LogP contribution in [-0.4, -0.2) is 20.9 Å². The minimum atomic E-state index is -0.404. The maximum Gasteiger partial charge on any atom is 0.271 e. The van der Waals surface area contributed by atoms with Gasteiger partial charge in [-0.1, -0.05) is 13.8 Å². The van der Waals surface area contributed by atoms with Crippen LogP contribution in [0.1, 0.15) is 33.6 Å². The van der Waals surface area contributed by atoms with E-state index in [1.165, 1.54) is 12.1 Å². The summed E-state index contributed by atoms with van der Waals surface area (Å²) in [5.41, 5.74) is 1.48. The van der Waals surface area contributed by atoms with Gasteiger partial charge in [0, 0.05) is 18.2 Å². The summed E-state index contributed by atoms with van der Waals surface area (Å²) in [6.45, 7) is 6.51. The lowest BCUT2D eigenvalue weighted by atomic mass is 10.0. The number of nitro benzene ring substituents is 1. The molecule has 0 aliphatic carbocycles. The third-order valence-corrected chi connectivity index (χ3v) is 3.24. The fraction of sp³-hybridized carbons (Fsp3) is 0.500. The van der Waals surface area contributed by atoms with E-state index in [0.717, 1.165) is 18.4 Å². The fourth-order valence-electron chi connectivity index (χ4n) is 2.07. The van der Waals surface area contributed by atoms with Crippen LogP contribution in [0, 0.1) is 16.0 Å². The van der Waals surface area contributed by atoms with Crippen LogP contribution >= 0.6 is 0 Å². The number of imidazole rings is 1. The molecule has 0 fully saturated rings. The molecule has 6 heteroatoms. The zero-order valence-corrected chi connectivity index (χ0v) is 12.0. The van der Waals surface area contributed by atoms with Gasteiger partial charge in [0.05, 0.1) is 16.0 Å². The predicted octanol–water partition coefficient (Wildman–Crippen LogP) is 3.71. The van der Waals surface area contributed by atoms with Crippen molar-refractivity contribution in [3.8, 4) is 0 Å². The molecular weight excluding hydrogens is 256 g/mol. The quantitative estimate of drug-likeness (QED) is 0.622. The van der Waals surface area contributed by atoms with Gasteiger partial charge >= 0.3 is 0 Å². The molecule has 2 N–H and O–H groups in total. The highest BCUT2D eigenvalue weighted by Gasteiger charge is 2.11. The maximum absolute atomic E-state index is 10.7. The van der Waals surface area contributed by atoms with E-state index >= 15 is 0 Å². The molecule has 2 rings (SSSR count). The summed E-state index contributed by atoms with van der Waals surface area (Å²) in [6, 6.07) is 4.95. The van der Waals surface area contributed by atoms with Crippen molar-refractivity contribution in [3.63, 3.8) is 0 Å². The van der Waals surface area contributed by atoms with Crippen molar-refractivity contribution in [1.82, 2.24) is 9.97 Å².